The number of carbonyl (C=O) groups excluding carboxylic acids is 1. The van der Waals surface area contributed by atoms with Crippen molar-refractivity contribution < 1.29 is 4.79 Å². The molecule has 1 heterocycles. The molecule has 1 unspecified atom stereocenters. The largest absolute Gasteiger partial charge is 0.300 e. The van der Waals surface area contributed by atoms with Crippen molar-refractivity contribution in [3.05, 3.63) is 0 Å². The van der Waals surface area contributed by atoms with Gasteiger partial charge in [-0.05, 0) is 19.8 Å². The van der Waals surface area contributed by atoms with Crippen LogP contribution in [-0.4, -0.2) is 16.8 Å². The molecular formula is C7H12OS2. The summed E-state index contributed by atoms with van der Waals surface area (Å²) in [7, 11) is 3.89. The summed E-state index contributed by atoms with van der Waals surface area (Å²) in [6.45, 7) is 1.67. The second kappa shape index (κ2) is 4.29. The molecule has 1 aliphatic heterocycles. The first-order valence-corrected chi connectivity index (χ1v) is 5.95. The van der Waals surface area contributed by atoms with Crippen LogP contribution >= 0.6 is 21.6 Å². The Kier molecular flexibility index (Phi) is 3.63. The monoisotopic (exact) mass is 176 g/mol. The molecule has 1 saturated heterocycles. The van der Waals surface area contributed by atoms with Crippen LogP contribution in [0.3, 0.4) is 0 Å². The van der Waals surface area contributed by atoms with Gasteiger partial charge in [0, 0.05) is 17.4 Å². The number of hydrogen-bond donors (Lipinski definition) is 0. The van der Waals surface area contributed by atoms with Gasteiger partial charge in [0.2, 0.25) is 0 Å². The van der Waals surface area contributed by atoms with Gasteiger partial charge in [0.05, 0.1) is 0 Å². The lowest BCUT2D eigenvalue weighted by molar-refractivity contribution is -0.117. The van der Waals surface area contributed by atoms with Crippen LogP contribution in [0.15, 0.2) is 0 Å². The second-order valence-electron chi connectivity index (χ2n) is 2.57. The Hall–Kier alpha value is 0.370. The Morgan fingerprint density at radius 1 is 1.70 bits per heavy atom. The van der Waals surface area contributed by atoms with Crippen molar-refractivity contribution in [1.82, 2.24) is 0 Å². The van der Waals surface area contributed by atoms with Crippen molar-refractivity contribution >= 4 is 27.4 Å². The molecule has 0 saturated carbocycles. The molecule has 3 heteroatoms. The zero-order chi connectivity index (χ0) is 7.40. The topological polar surface area (TPSA) is 17.1 Å². The highest BCUT2D eigenvalue weighted by molar-refractivity contribution is 8.77. The highest BCUT2D eigenvalue weighted by Crippen LogP contribution is 2.39. The van der Waals surface area contributed by atoms with Gasteiger partial charge < -0.3 is 4.79 Å². The van der Waals surface area contributed by atoms with Crippen LogP contribution in [0, 0.1) is 0 Å². The summed E-state index contributed by atoms with van der Waals surface area (Å²) in [6, 6.07) is 0. The third kappa shape index (κ3) is 2.97. The number of Topliss-reactive ketones (excluding diaryl/α,β-unsaturated/α-hetero) is 1. The van der Waals surface area contributed by atoms with E-state index >= 15 is 0 Å². The van der Waals surface area contributed by atoms with Crippen LogP contribution in [0.1, 0.15) is 26.2 Å². The van der Waals surface area contributed by atoms with Crippen LogP contribution in [0.4, 0.5) is 0 Å². The second-order valence-corrected chi connectivity index (χ2v) is 5.36. The maximum absolute atomic E-state index is 10.6. The van der Waals surface area contributed by atoms with E-state index in [1.54, 1.807) is 6.92 Å². The molecule has 1 fully saturated rings. The molecule has 58 valence electrons. The van der Waals surface area contributed by atoms with Gasteiger partial charge in [0.15, 0.2) is 0 Å². The van der Waals surface area contributed by atoms with Crippen LogP contribution < -0.4 is 0 Å². The van der Waals surface area contributed by atoms with Gasteiger partial charge >= 0.3 is 0 Å². The Balaban J connectivity index is 2.07. The lowest BCUT2D eigenvalue weighted by atomic mass is 10.1. The minimum absolute atomic E-state index is 0.331. The van der Waals surface area contributed by atoms with Gasteiger partial charge in [-0.2, -0.15) is 0 Å². The summed E-state index contributed by atoms with van der Waals surface area (Å²) >= 11 is 0. The van der Waals surface area contributed by atoms with Gasteiger partial charge in [-0.25, -0.2) is 0 Å². The first kappa shape index (κ1) is 8.47. The van der Waals surface area contributed by atoms with E-state index in [0.29, 0.717) is 5.78 Å². The predicted molar refractivity (Wildman–Crippen MR) is 48.4 cm³/mol. The summed E-state index contributed by atoms with van der Waals surface area (Å²) in [5.74, 6) is 1.60. The van der Waals surface area contributed by atoms with Crippen LogP contribution in [0.5, 0.6) is 0 Å². The van der Waals surface area contributed by atoms with Gasteiger partial charge in [-0.3, -0.25) is 0 Å². The van der Waals surface area contributed by atoms with Gasteiger partial charge in [0.1, 0.15) is 5.78 Å². The third-order valence-electron chi connectivity index (χ3n) is 1.55. The Morgan fingerprint density at radius 3 is 3.00 bits per heavy atom. The standard InChI is InChI=1S/C7H12OS2/c1-6(8)2-3-7-4-5-9-10-7/h7H,2-5H2,1H3. The fourth-order valence-corrected chi connectivity index (χ4v) is 3.91. The minimum atomic E-state index is 0.331. The molecule has 1 rings (SSSR count). The highest BCUT2D eigenvalue weighted by atomic mass is 33.1. The summed E-state index contributed by atoms with van der Waals surface area (Å²) in [5.41, 5.74) is 0. The fraction of sp³-hybridized carbons (Fsp3) is 0.857. The van der Waals surface area contributed by atoms with Crippen molar-refractivity contribution in [1.29, 1.82) is 0 Å². The van der Waals surface area contributed by atoms with E-state index in [4.69, 9.17) is 0 Å². The molecule has 0 radical (unpaired) electrons. The lowest BCUT2D eigenvalue weighted by Gasteiger charge is -2.03. The molecular weight excluding hydrogens is 164 g/mol. The van der Waals surface area contributed by atoms with Crippen molar-refractivity contribution in [2.24, 2.45) is 0 Å². The maximum atomic E-state index is 10.6. The Labute approximate surface area is 69.7 Å². The lowest BCUT2D eigenvalue weighted by Crippen LogP contribution is -2.00. The van der Waals surface area contributed by atoms with E-state index in [0.717, 1.165) is 18.1 Å². The molecule has 10 heavy (non-hydrogen) atoms. The van der Waals surface area contributed by atoms with Crippen LogP contribution in [0.25, 0.3) is 0 Å². The summed E-state index contributed by atoms with van der Waals surface area (Å²) in [4.78, 5) is 10.6. The summed E-state index contributed by atoms with van der Waals surface area (Å²) < 4.78 is 0. The van der Waals surface area contributed by atoms with Crippen molar-refractivity contribution in [2.45, 2.75) is 31.4 Å². The normalized spacial score (nSPS) is 25.1. The first-order chi connectivity index (χ1) is 4.79. The van der Waals surface area contributed by atoms with E-state index in [-0.39, 0.29) is 0 Å². The molecule has 0 aromatic carbocycles. The fourth-order valence-electron chi connectivity index (χ4n) is 0.929. The van der Waals surface area contributed by atoms with Gasteiger partial charge in [0.25, 0.3) is 0 Å². The van der Waals surface area contributed by atoms with Gasteiger partial charge in [-0.15, -0.1) is 0 Å². The first-order valence-electron chi connectivity index (χ1n) is 3.57. The molecule has 1 nitrogen and oxygen atoms in total. The number of rotatable bonds is 3. The molecule has 0 aliphatic carbocycles. The molecule has 0 N–H and O–H groups in total. The van der Waals surface area contributed by atoms with Crippen molar-refractivity contribution in [3.8, 4) is 0 Å². The van der Waals surface area contributed by atoms with E-state index in [1.165, 1.54) is 12.2 Å². The average molecular weight is 176 g/mol. The molecule has 0 amide bonds. The number of carbonyl (C=O) groups is 1. The summed E-state index contributed by atoms with van der Waals surface area (Å²) in [5, 5.41) is 0.758. The highest BCUT2D eigenvalue weighted by Gasteiger charge is 2.16. The van der Waals surface area contributed by atoms with E-state index in [1.807, 2.05) is 21.6 Å². The van der Waals surface area contributed by atoms with Gasteiger partial charge in [-0.1, -0.05) is 21.6 Å². The van der Waals surface area contributed by atoms with Crippen LogP contribution in [0.2, 0.25) is 0 Å². The molecule has 0 bridgehead atoms. The van der Waals surface area contributed by atoms with Crippen molar-refractivity contribution in [3.63, 3.8) is 0 Å². The quantitative estimate of drug-likeness (QED) is 0.615. The van der Waals surface area contributed by atoms with E-state index in [2.05, 4.69) is 0 Å². The predicted octanol–water partition coefficient (Wildman–Crippen LogP) is 2.51. The SMILES string of the molecule is CC(=O)CCC1CCSS1. The molecule has 1 aliphatic rings. The van der Waals surface area contributed by atoms with Crippen molar-refractivity contribution in [2.75, 3.05) is 5.75 Å². The average Bonchev–Trinajstić information content (AvgIpc) is 2.34. The Morgan fingerprint density at radius 2 is 2.50 bits per heavy atom. The number of hydrogen-bond acceptors (Lipinski definition) is 3. The smallest absolute Gasteiger partial charge is 0.129 e. The molecule has 0 aromatic rings. The Bertz CT molecular complexity index is 119. The molecule has 1 atom stereocenters. The minimum Gasteiger partial charge on any atom is -0.300 e. The third-order valence-corrected chi connectivity index (χ3v) is 4.55. The summed E-state index contributed by atoms with van der Waals surface area (Å²) in [6.07, 6.45) is 3.16. The van der Waals surface area contributed by atoms with E-state index < -0.39 is 0 Å². The molecule has 0 spiro atoms. The molecule has 0 aromatic heterocycles. The zero-order valence-electron chi connectivity index (χ0n) is 6.13. The van der Waals surface area contributed by atoms with E-state index in [9.17, 15) is 4.79 Å². The van der Waals surface area contributed by atoms with Crippen LogP contribution in [-0.2, 0) is 4.79 Å². The maximum Gasteiger partial charge on any atom is 0.129 e. The number of ketones is 1. The zero-order valence-corrected chi connectivity index (χ0v) is 7.76.